The molecule has 1 amide bonds. The molecule has 1 aromatic rings. The molecule has 0 aliphatic carbocycles. The van der Waals surface area contributed by atoms with E-state index in [-0.39, 0.29) is 12.1 Å². The molecule has 0 aromatic heterocycles. The minimum atomic E-state index is -4.46. The van der Waals surface area contributed by atoms with E-state index in [0.29, 0.717) is 0 Å². The summed E-state index contributed by atoms with van der Waals surface area (Å²) in [6, 6.07) is 3.78. The zero-order chi connectivity index (χ0) is 15.2. The van der Waals surface area contributed by atoms with Crippen molar-refractivity contribution < 1.29 is 23.1 Å². The summed E-state index contributed by atoms with van der Waals surface area (Å²) >= 11 is 4.44. The molecule has 20 heavy (non-hydrogen) atoms. The first-order valence-corrected chi connectivity index (χ1v) is 5.91. The lowest BCUT2D eigenvalue weighted by Crippen LogP contribution is -2.30. The van der Waals surface area contributed by atoms with Crippen molar-refractivity contribution in [3.8, 4) is 0 Å². The van der Waals surface area contributed by atoms with E-state index in [1.54, 1.807) is 0 Å². The number of isothiocyanates is 1. The number of halogens is 3. The molecular weight excluding hydrogens is 293 g/mol. The number of alkyl halides is 3. The van der Waals surface area contributed by atoms with E-state index in [2.05, 4.69) is 27.7 Å². The average molecular weight is 304 g/mol. The fraction of sp³-hybridized carbons (Fsp3) is 0.333. The van der Waals surface area contributed by atoms with Gasteiger partial charge in [-0.1, -0.05) is 12.1 Å². The number of nitrogens with zero attached hydrogens (tertiary/aromatic N) is 1. The third-order valence-electron chi connectivity index (χ3n) is 2.44. The fourth-order valence-electron chi connectivity index (χ4n) is 1.49. The molecule has 1 aromatic carbocycles. The molecule has 4 nitrogen and oxygen atoms in total. The zero-order valence-electron chi connectivity index (χ0n) is 10.1. The number of rotatable bonds is 5. The summed E-state index contributed by atoms with van der Waals surface area (Å²) in [5.74, 6) is -0.651. The van der Waals surface area contributed by atoms with E-state index in [1.165, 1.54) is 12.1 Å². The quantitative estimate of drug-likeness (QED) is 0.646. The number of hydrogen-bond donors (Lipinski definition) is 2. The summed E-state index contributed by atoms with van der Waals surface area (Å²) in [5.41, 5.74) is -0.566. The second-order valence-corrected chi connectivity index (χ2v) is 4.00. The third-order valence-corrected chi connectivity index (χ3v) is 2.55. The molecule has 1 unspecified atom stereocenters. The molecule has 0 spiro atoms. The number of aliphatic hydroxyl groups excluding tert-OH is 1. The maximum Gasteiger partial charge on any atom is 0.416 e. The first kappa shape index (κ1) is 16.3. The molecule has 108 valence electrons. The normalized spacial score (nSPS) is 12.4. The first-order valence-electron chi connectivity index (χ1n) is 5.50. The van der Waals surface area contributed by atoms with Gasteiger partial charge in [0.25, 0.3) is 0 Å². The topological polar surface area (TPSA) is 61.7 Å². The predicted molar refractivity (Wildman–Crippen MR) is 69.3 cm³/mol. The Morgan fingerprint density at radius 1 is 1.50 bits per heavy atom. The van der Waals surface area contributed by atoms with Crippen LogP contribution >= 0.6 is 12.2 Å². The monoisotopic (exact) mass is 304 g/mol. The van der Waals surface area contributed by atoms with Crippen LogP contribution in [0.4, 0.5) is 13.2 Å². The van der Waals surface area contributed by atoms with Crippen LogP contribution in [0.1, 0.15) is 17.2 Å². The molecule has 0 saturated carbocycles. The summed E-state index contributed by atoms with van der Waals surface area (Å²) in [7, 11) is 0. The van der Waals surface area contributed by atoms with Crippen LogP contribution in [-0.4, -0.2) is 29.3 Å². The fourth-order valence-corrected chi connectivity index (χ4v) is 1.62. The van der Waals surface area contributed by atoms with Gasteiger partial charge in [-0.3, -0.25) is 4.79 Å². The Hall–Kier alpha value is -1.76. The van der Waals surface area contributed by atoms with Crippen molar-refractivity contribution in [2.24, 2.45) is 4.99 Å². The Labute approximate surface area is 118 Å². The highest BCUT2D eigenvalue weighted by molar-refractivity contribution is 7.78. The molecule has 0 aliphatic heterocycles. The van der Waals surface area contributed by atoms with Crippen molar-refractivity contribution >= 4 is 23.3 Å². The zero-order valence-corrected chi connectivity index (χ0v) is 11.0. The van der Waals surface area contributed by atoms with Crippen LogP contribution in [0.5, 0.6) is 0 Å². The van der Waals surface area contributed by atoms with Gasteiger partial charge in [-0.2, -0.15) is 13.2 Å². The highest BCUT2D eigenvalue weighted by Crippen LogP contribution is 2.31. The number of amides is 1. The lowest BCUT2D eigenvalue weighted by Gasteiger charge is -2.14. The van der Waals surface area contributed by atoms with Gasteiger partial charge in [0.2, 0.25) is 5.91 Å². The Balaban J connectivity index is 2.97. The Morgan fingerprint density at radius 3 is 2.75 bits per heavy atom. The molecular formula is C12H11F3N2O2S. The minimum absolute atomic E-state index is 0.0790. The molecule has 0 bridgehead atoms. The average Bonchev–Trinajstić information content (AvgIpc) is 2.42. The van der Waals surface area contributed by atoms with Crippen molar-refractivity contribution in [3.63, 3.8) is 0 Å². The van der Waals surface area contributed by atoms with Gasteiger partial charge in [0.05, 0.1) is 10.7 Å². The number of carbonyl (C=O) groups excluding carboxylic acids is 1. The van der Waals surface area contributed by atoms with Gasteiger partial charge in [-0.05, 0) is 29.9 Å². The number of benzene rings is 1. The van der Waals surface area contributed by atoms with Gasteiger partial charge in [0.1, 0.15) is 12.6 Å². The number of aliphatic hydroxyl groups is 1. The van der Waals surface area contributed by atoms with E-state index >= 15 is 0 Å². The number of nitrogens with one attached hydrogen (secondary N) is 1. The summed E-state index contributed by atoms with van der Waals surface area (Å²) in [6.45, 7) is -0.791. The molecule has 2 N–H and O–H groups in total. The van der Waals surface area contributed by atoms with E-state index < -0.39 is 30.3 Å². The molecule has 0 aliphatic rings. The smallest absolute Gasteiger partial charge is 0.387 e. The summed E-state index contributed by atoms with van der Waals surface area (Å²) in [5, 5.41) is 13.0. The van der Waals surface area contributed by atoms with E-state index in [9.17, 15) is 18.0 Å². The molecule has 0 fully saturated rings. The summed E-state index contributed by atoms with van der Waals surface area (Å²) < 4.78 is 37.8. The number of thiocarbonyl (C=S) groups is 1. The summed E-state index contributed by atoms with van der Waals surface area (Å²) in [4.78, 5) is 14.7. The van der Waals surface area contributed by atoms with Gasteiger partial charge in [0, 0.05) is 6.54 Å². The van der Waals surface area contributed by atoms with Gasteiger partial charge in [-0.25, -0.2) is 4.99 Å². The molecule has 8 heteroatoms. The standard InChI is InChI=1S/C12H11F3N2O2S/c13-12(14,15)9-3-1-2-8(4-9)10(17-7-20)5-16-11(19)6-18/h1-4,10,18H,5-6H2,(H,16,19). The number of hydrogen-bond acceptors (Lipinski definition) is 4. The van der Waals surface area contributed by atoms with Crippen LogP contribution < -0.4 is 5.32 Å². The largest absolute Gasteiger partial charge is 0.416 e. The van der Waals surface area contributed by atoms with Gasteiger partial charge in [0.15, 0.2) is 0 Å². The van der Waals surface area contributed by atoms with Gasteiger partial charge in [-0.15, -0.1) is 0 Å². The lowest BCUT2D eigenvalue weighted by molar-refractivity contribution is -0.137. The van der Waals surface area contributed by atoms with Crippen LogP contribution in [0, 0.1) is 0 Å². The van der Waals surface area contributed by atoms with Crippen molar-refractivity contribution in [1.29, 1.82) is 0 Å². The van der Waals surface area contributed by atoms with Crippen LogP contribution in [-0.2, 0) is 11.0 Å². The van der Waals surface area contributed by atoms with Crippen LogP contribution in [0.15, 0.2) is 29.3 Å². The second-order valence-electron chi connectivity index (χ2n) is 3.82. The molecule has 1 atom stereocenters. The number of aliphatic imine (C=N–C) groups is 1. The molecule has 0 heterocycles. The first-order chi connectivity index (χ1) is 9.38. The highest BCUT2D eigenvalue weighted by atomic mass is 32.1. The second kappa shape index (κ2) is 7.14. The Kier molecular flexibility index (Phi) is 5.82. The van der Waals surface area contributed by atoms with E-state index in [4.69, 9.17) is 5.11 Å². The highest BCUT2D eigenvalue weighted by Gasteiger charge is 2.31. The van der Waals surface area contributed by atoms with Crippen molar-refractivity contribution in [1.82, 2.24) is 5.32 Å². The van der Waals surface area contributed by atoms with E-state index in [0.717, 1.165) is 12.1 Å². The van der Waals surface area contributed by atoms with Crippen LogP contribution in [0.25, 0.3) is 0 Å². The Bertz CT molecular complexity index is 528. The molecule has 1 rings (SSSR count). The maximum absolute atomic E-state index is 12.6. The number of carbonyl (C=O) groups is 1. The van der Waals surface area contributed by atoms with Crippen molar-refractivity contribution in [3.05, 3.63) is 35.4 Å². The van der Waals surface area contributed by atoms with Gasteiger partial charge < -0.3 is 10.4 Å². The van der Waals surface area contributed by atoms with Gasteiger partial charge >= 0.3 is 6.18 Å². The van der Waals surface area contributed by atoms with Crippen molar-refractivity contribution in [2.45, 2.75) is 12.2 Å². The lowest BCUT2D eigenvalue weighted by atomic mass is 10.0. The third kappa shape index (κ3) is 4.73. The predicted octanol–water partition coefficient (Wildman–Crippen LogP) is 1.96. The van der Waals surface area contributed by atoms with Crippen LogP contribution in [0.2, 0.25) is 0 Å². The van der Waals surface area contributed by atoms with E-state index in [1.807, 2.05) is 0 Å². The van der Waals surface area contributed by atoms with Crippen molar-refractivity contribution in [2.75, 3.05) is 13.2 Å². The minimum Gasteiger partial charge on any atom is -0.387 e. The molecule has 0 radical (unpaired) electrons. The Morgan fingerprint density at radius 2 is 2.20 bits per heavy atom. The molecule has 0 saturated heterocycles. The SMILES string of the molecule is O=C(CO)NCC(N=C=S)c1cccc(C(F)(F)F)c1. The maximum atomic E-state index is 12.6. The summed E-state index contributed by atoms with van der Waals surface area (Å²) in [6.07, 6.45) is -4.46. The van der Waals surface area contributed by atoms with Crippen LogP contribution in [0.3, 0.4) is 0 Å².